The van der Waals surface area contributed by atoms with Gasteiger partial charge in [0, 0.05) is 24.0 Å². The Morgan fingerprint density at radius 2 is 1.83 bits per heavy atom. The van der Waals surface area contributed by atoms with Gasteiger partial charge in [-0.05, 0) is 76.8 Å². The predicted octanol–water partition coefficient (Wildman–Crippen LogP) is 6.59. The van der Waals surface area contributed by atoms with Crippen molar-refractivity contribution in [1.82, 2.24) is 0 Å². The van der Waals surface area contributed by atoms with E-state index in [9.17, 15) is 0 Å². The molecule has 0 saturated carbocycles. The second kappa shape index (κ2) is 10.4. The minimum atomic E-state index is 0.330. The molecule has 0 heterocycles. The highest BCUT2D eigenvalue weighted by molar-refractivity contribution is 8.76. The molecule has 1 rings (SSSR count). The summed E-state index contributed by atoms with van der Waals surface area (Å²) in [4.78, 5) is 2.37. The molecule has 23 heavy (non-hydrogen) atoms. The maximum atomic E-state index is 3.97. The predicted molar refractivity (Wildman–Crippen MR) is 112 cm³/mol. The van der Waals surface area contributed by atoms with Crippen LogP contribution in [0.4, 0.5) is 5.69 Å². The first-order valence-electron chi connectivity index (χ1n) is 8.50. The van der Waals surface area contributed by atoms with Crippen molar-refractivity contribution in [3.8, 4) is 0 Å². The van der Waals surface area contributed by atoms with Crippen molar-refractivity contribution in [1.29, 1.82) is 0 Å². The number of nitrogens with zero attached hydrogens (tertiary/aromatic N) is 1. The fraction of sp³-hybridized carbons (Fsp3) is 0.600. The normalized spacial score (nSPS) is 11.5. The number of rotatable bonds is 11. The number of benzene rings is 1. The summed E-state index contributed by atoms with van der Waals surface area (Å²) in [5.74, 6) is 0. The van der Waals surface area contributed by atoms with E-state index in [0.717, 1.165) is 13.0 Å². The monoisotopic (exact) mass is 351 g/mol. The zero-order valence-corrected chi connectivity index (χ0v) is 17.2. The molecule has 130 valence electrons. The van der Waals surface area contributed by atoms with Crippen molar-refractivity contribution < 1.29 is 0 Å². The summed E-state index contributed by atoms with van der Waals surface area (Å²) < 4.78 is 0.330. The fourth-order valence-electron chi connectivity index (χ4n) is 2.51. The van der Waals surface area contributed by atoms with E-state index >= 15 is 0 Å². The molecule has 1 aromatic rings. The summed E-state index contributed by atoms with van der Waals surface area (Å²) >= 11 is 0. The van der Waals surface area contributed by atoms with E-state index in [4.69, 9.17) is 0 Å². The number of allylic oxidation sites excluding steroid dienone is 1. The van der Waals surface area contributed by atoms with E-state index in [-0.39, 0.29) is 0 Å². The third kappa shape index (κ3) is 8.76. The van der Waals surface area contributed by atoms with Crippen molar-refractivity contribution >= 4 is 27.3 Å². The first-order valence-corrected chi connectivity index (χ1v) is 11.1. The van der Waals surface area contributed by atoms with Crippen LogP contribution in [0, 0.1) is 0 Å². The van der Waals surface area contributed by atoms with Gasteiger partial charge in [0.2, 0.25) is 0 Å². The molecule has 0 bridgehead atoms. The molecule has 0 unspecified atom stereocenters. The van der Waals surface area contributed by atoms with Crippen molar-refractivity contribution in [2.24, 2.45) is 0 Å². The van der Waals surface area contributed by atoms with Crippen LogP contribution in [0.3, 0.4) is 0 Å². The largest absolute Gasteiger partial charge is 0.375 e. The van der Waals surface area contributed by atoms with Gasteiger partial charge in [0.15, 0.2) is 0 Å². The SMILES string of the molecule is C=C(C)CCCCc1ccc(N(C)CCC(C)(C)SSC)cc1. The first-order chi connectivity index (χ1) is 10.8. The van der Waals surface area contributed by atoms with Crippen molar-refractivity contribution in [3.05, 3.63) is 42.0 Å². The highest BCUT2D eigenvalue weighted by Gasteiger charge is 2.18. The number of aryl methyl sites for hydroxylation is 1. The van der Waals surface area contributed by atoms with Crippen LogP contribution < -0.4 is 4.90 Å². The molecular formula is C20H33NS2. The average Bonchev–Trinajstić information content (AvgIpc) is 2.50. The zero-order chi connectivity index (χ0) is 17.3. The van der Waals surface area contributed by atoms with Crippen molar-refractivity contribution in [3.63, 3.8) is 0 Å². The van der Waals surface area contributed by atoms with Gasteiger partial charge in [-0.1, -0.05) is 39.3 Å². The Labute approximate surface area is 151 Å². The number of anilines is 1. The Balaban J connectivity index is 2.41. The van der Waals surface area contributed by atoms with E-state index in [2.05, 4.69) is 69.8 Å². The minimum Gasteiger partial charge on any atom is -0.375 e. The molecule has 0 atom stereocenters. The molecule has 1 nitrogen and oxygen atoms in total. The topological polar surface area (TPSA) is 3.24 Å². The van der Waals surface area contributed by atoms with Crippen LogP contribution in [-0.2, 0) is 6.42 Å². The molecule has 0 saturated heterocycles. The summed E-state index contributed by atoms with van der Waals surface area (Å²) in [6.45, 7) is 11.8. The second-order valence-electron chi connectivity index (χ2n) is 7.01. The highest BCUT2D eigenvalue weighted by Crippen LogP contribution is 2.36. The molecule has 0 spiro atoms. The van der Waals surface area contributed by atoms with Gasteiger partial charge >= 0.3 is 0 Å². The van der Waals surface area contributed by atoms with Crippen LogP contribution in [-0.4, -0.2) is 24.6 Å². The molecule has 0 N–H and O–H groups in total. The third-order valence-electron chi connectivity index (χ3n) is 4.05. The minimum absolute atomic E-state index is 0.330. The van der Waals surface area contributed by atoms with Gasteiger partial charge in [-0.25, -0.2) is 0 Å². The van der Waals surface area contributed by atoms with E-state index < -0.39 is 0 Å². The molecule has 0 aromatic heterocycles. The molecule has 0 amide bonds. The Morgan fingerprint density at radius 1 is 1.17 bits per heavy atom. The maximum Gasteiger partial charge on any atom is 0.0363 e. The lowest BCUT2D eigenvalue weighted by molar-refractivity contribution is 0.638. The molecule has 0 aliphatic heterocycles. The Morgan fingerprint density at radius 3 is 2.39 bits per heavy atom. The molecule has 0 aliphatic carbocycles. The quantitative estimate of drug-likeness (QED) is 0.251. The number of hydrogen-bond donors (Lipinski definition) is 0. The third-order valence-corrected chi connectivity index (χ3v) is 6.73. The molecule has 3 heteroatoms. The van der Waals surface area contributed by atoms with Crippen LogP contribution >= 0.6 is 21.6 Å². The van der Waals surface area contributed by atoms with Crippen molar-refractivity contribution in [2.75, 3.05) is 24.7 Å². The molecule has 0 fully saturated rings. The standard InChI is InChI=1S/C20H33NS2/c1-17(2)9-7-8-10-18-11-13-19(14-12-18)21(5)16-15-20(3,4)23-22-6/h11-14H,1,7-10,15-16H2,2-6H3. The smallest absolute Gasteiger partial charge is 0.0363 e. The van der Waals surface area contributed by atoms with Crippen LogP contribution in [0.2, 0.25) is 0 Å². The summed E-state index contributed by atoms with van der Waals surface area (Å²) in [7, 11) is 6.03. The van der Waals surface area contributed by atoms with Gasteiger partial charge in [0.1, 0.15) is 0 Å². The zero-order valence-electron chi connectivity index (χ0n) is 15.5. The molecule has 1 aromatic carbocycles. The number of unbranched alkanes of at least 4 members (excludes halogenated alkanes) is 1. The maximum absolute atomic E-state index is 3.97. The first kappa shape index (κ1) is 20.5. The Hall–Kier alpha value is -0.540. The summed E-state index contributed by atoms with van der Waals surface area (Å²) in [6, 6.07) is 9.11. The Kier molecular flexibility index (Phi) is 9.23. The Bertz CT molecular complexity index is 465. The van der Waals surface area contributed by atoms with Gasteiger partial charge < -0.3 is 4.90 Å². The lowest BCUT2D eigenvalue weighted by Gasteiger charge is -2.27. The van der Waals surface area contributed by atoms with Gasteiger partial charge in [-0.3, -0.25) is 0 Å². The van der Waals surface area contributed by atoms with Crippen LogP contribution in [0.25, 0.3) is 0 Å². The molecular weight excluding hydrogens is 318 g/mol. The van der Waals surface area contributed by atoms with Crippen LogP contribution in [0.5, 0.6) is 0 Å². The van der Waals surface area contributed by atoms with Crippen LogP contribution in [0.15, 0.2) is 36.4 Å². The summed E-state index contributed by atoms with van der Waals surface area (Å²) in [5, 5.41) is 0. The van der Waals surface area contributed by atoms with E-state index in [1.807, 2.05) is 21.6 Å². The van der Waals surface area contributed by atoms with E-state index in [0.29, 0.717) is 4.75 Å². The van der Waals surface area contributed by atoms with E-state index in [1.165, 1.54) is 42.5 Å². The van der Waals surface area contributed by atoms with Gasteiger partial charge in [0.05, 0.1) is 0 Å². The summed E-state index contributed by atoms with van der Waals surface area (Å²) in [5.41, 5.74) is 4.06. The van der Waals surface area contributed by atoms with Gasteiger partial charge in [-0.2, -0.15) is 0 Å². The summed E-state index contributed by atoms with van der Waals surface area (Å²) in [6.07, 6.45) is 8.18. The van der Waals surface area contributed by atoms with Crippen LogP contribution in [0.1, 0.15) is 52.0 Å². The van der Waals surface area contributed by atoms with E-state index in [1.54, 1.807) is 0 Å². The van der Waals surface area contributed by atoms with Gasteiger partial charge in [-0.15, -0.1) is 6.58 Å². The lowest BCUT2D eigenvalue weighted by Crippen LogP contribution is -2.25. The number of hydrogen-bond acceptors (Lipinski definition) is 3. The lowest BCUT2D eigenvalue weighted by atomic mass is 10.0. The highest BCUT2D eigenvalue weighted by atomic mass is 33.1. The van der Waals surface area contributed by atoms with Crippen molar-refractivity contribution in [2.45, 2.75) is 57.6 Å². The molecule has 0 radical (unpaired) electrons. The average molecular weight is 352 g/mol. The molecule has 0 aliphatic rings. The second-order valence-corrected chi connectivity index (χ2v) is 10.1. The van der Waals surface area contributed by atoms with Gasteiger partial charge in [0.25, 0.3) is 0 Å². The fourth-order valence-corrected chi connectivity index (χ4v) is 4.74.